The number of nitro groups is 1. The lowest BCUT2D eigenvalue weighted by Crippen LogP contribution is -2.15. The van der Waals surface area contributed by atoms with E-state index in [0.717, 1.165) is 0 Å². The first-order valence-corrected chi connectivity index (χ1v) is 5.21. The van der Waals surface area contributed by atoms with Crippen LogP contribution in [0.1, 0.15) is 11.3 Å². The van der Waals surface area contributed by atoms with Gasteiger partial charge in [-0.2, -0.15) is 31.4 Å². The minimum absolute atomic E-state index is 0.00930. The molecular weight excluding hydrogens is 324 g/mol. The van der Waals surface area contributed by atoms with Crippen LogP contribution in [0.4, 0.5) is 32.0 Å². The SMILES string of the molecule is O=[N+]([O-])c1cnc(-n2ncc(C(F)(F)F)n2)c(C(F)(F)F)c1. The van der Waals surface area contributed by atoms with Crippen LogP contribution in [0.25, 0.3) is 5.82 Å². The topological polar surface area (TPSA) is 86.7 Å². The highest BCUT2D eigenvalue weighted by Crippen LogP contribution is 2.35. The average molecular weight is 327 g/mol. The minimum atomic E-state index is -5.10. The lowest BCUT2D eigenvalue weighted by atomic mass is 10.2. The summed E-state index contributed by atoms with van der Waals surface area (Å²) in [5.41, 5.74) is -4.13. The van der Waals surface area contributed by atoms with Crippen molar-refractivity contribution >= 4 is 5.69 Å². The van der Waals surface area contributed by atoms with Gasteiger partial charge in [0.25, 0.3) is 5.69 Å². The number of hydrogen-bond acceptors (Lipinski definition) is 5. The summed E-state index contributed by atoms with van der Waals surface area (Å²) in [5, 5.41) is 16.4. The number of halogens is 6. The predicted molar refractivity (Wildman–Crippen MR) is 55.8 cm³/mol. The van der Waals surface area contributed by atoms with Gasteiger partial charge in [0.05, 0.1) is 11.1 Å². The number of hydrogen-bond donors (Lipinski definition) is 0. The largest absolute Gasteiger partial charge is 0.436 e. The van der Waals surface area contributed by atoms with Crippen molar-refractivity contribution in [2.45, 2.75) is 12.4 Å². The van der Waals surface area contributed by atoms with E-state index in [4.69, 9.17) is 0 Å². The van der Waals surface area contributed by atoms with Crippen LogP contribution in [-0.4, -0.2) is 24.9 Å². The third-order valence-electron chi connectivity index (χ3n) is 2.34. The fourth-order valence-electron chi connectivity index (χ4n) is 1.41. The van der Waals surface area contributed by atoms with Crippen LogP contribution >= 0.6 is 0 Å². The zero-order chi connectivity index (χ0) is 16.7. The first-order valence-electron chi connectivity index (χ1n) is 5.21. The summed E-state index contributed by atoms with van der Waals surface area (Å²) >= 11 is 0. The molecule has 0 unspecified atom stereocenters. The fourth-order valence-corrected chi connectivity index (χ4v) is 1.41. The second kappa shape index (κ2) is 4.92. The number of rotatable bonds is 2. The van der Waals surface area contributed by atoms with E-state index >= 15 is 0 Å². The summed E-state index contributed by atoms with van der Waals surface area (Å²) in [4.78, 5) is 12.5. The first kappa shape index (κ1) is 15.7. The van der Waals surface area contributed by atoms with Crippen LogP contribution in [0, 0.1) is 10.1 Å². The monoisotopic (exact) mass is 327 g/mol. The molecule has 0 N–H and O–H groups in total. The maximum atomic E-state index is 12.9. The molecule has 0 aliphatic rings. The molecule has 0 saturated heterocycles. The van der Waals surface area contributed by atoms with Crippen LogP contribution in [0.3, 0.4) is 0 Å². The van der Waals surface area contributed by atoms with Gasteiger partial charge in [-0.05, 0) is 0 Å². The Balaban J connectivity index is 2.60. The molecule has 0 bridgehead atoms. The van der Waals surface area contributed by atoms with E-state index in [2.05, 4.69) is 15.2 Å². The molecule has 2 aromatic rings. The Labute approximate surface area is 116 Å². The van der Waals surface area contributed by atoms with Crippen molar-refractivity contribution < 1.29 is 31.3 Å². The number of pyridine rings is 1. The molecule has 2 aromatic heterocycles. The van der Waals surface area contributed by atoms with Gasteiger partial charge in [-0.3, -0.25) is 10.1 Å². The molecule has 0 atom stereocenters. The van der Waals surface area contributed by atoms with Crippen molar-refractivity contribution in [3.63, 3.8) is 0 Å². The van der Waals surface area contributed by atoms with Gasteiger partial charge in [-0.1, -0.05) is 0 Å². The van der Waals surface area contributed by atoms with Crippen LogP contribution in [0.15, 0.2) is 18.5 Å². The molecule has 0 amide bonds. The molecule has 0 spiro atoms. The van der Waals surface area contributed by atoms with E-state index in [1.807, 2.05) is 0 Å². The van der Waals surface area contributed by atoms with Crippen molar-refractivity contribution in [3.8, 4) is 5.82 Å². The number of aromatic nitrogens is 4. The van der Waals surface area contributed by atoms with E-state index < -0.39 is 40.0 Å². The Hall–Kier alpha value is -2.73. The molecule has 0 saturated carbocycles. The molecule has 7 nitrogen and oxygen atoms in total. The van der Waals surface area contributed by atoms with Crippen molar-refractivity contribution in [3.05, 3.63) is 39.8 Å². The highest BCUT2D eigenvalue weighted by molar-refractivity contribution is 5.42. The molecule has 118 valence electrons. The molecule has 0 aromatic carbocycles. The molecular formula is C9H3F6N5O2. The van der Waals surface area contributed by atoms with Gasteiger partial charge in [-0.25, -0.2) is 4.98 Å². The lowest BCUT2D eigenvalue weighted by molar-refractivity contribution is -0.385. The average Bonchev–Trinajstić information content (AvgIpc) is 2.86. The lowest BCUT2D eigenvalue weighted by Gasteiger charge is -2.10. The van der Waals surface area contributed by atoms with Gasteiger partial charge >= 0.3 is 12.4 Å². The quantitative estimate of drug-likeness (QED) is 0.481. The molecule has 2 heterocycles. The standard InChI is InChI=1S/C9H3F6N5O2/c10-8(11,12)5-1-4(20(21)22)2-16-7(5)19-17-3-6(18-19)9(13,14)15/h1-3H. The van der Waals surface area contributed by atoms with Crippen LogP contribution < -0.4 is 0 Å². The van der Waals surface area contributed by atoms with Crippen LogP contribution in [-0.2, 0) is 12.4 Å². The van der Waals surface area contributed by atoms with Gasteiger partial charge in [0.2, 0.25) is 0 Å². The van der Waals surface area contributed by atoms with E-state index in [1.54, 1.807) is 0 Å². The molecule has 0 fully saturated rings. The molecule has 0 aliphatic carbocycles. The Morgan fingerprint density at radius 1 is 1.09 bits per heavy atom. The van der Waals surface area contributed by atoms with E-state index in [1.165, 1.54) is 0 Å². The number of alkyl halides is 6. The normalized spacial score (nSPS) is 12.5. The Morgan fingerprint density at radius 3 is 2.18 bits per heavy atom. The Kier molecular flexibility index (Phi) is 3.50. The summed E-state index contributed by atoms with van der Waals surface area (Å²) in [6.45, 7) is 0. The summed E-state index contributed by atoms with van der Waals surface area (Å²) in [6, 6.07) is 0.138. The maximum absolute atomic E-state index is 12.9. The second-order valence-electron chi connectivity index (χ2n) is 3.84. The maximum Gasteiger partial charge on any atom is 0.436 e. The number of nitrogens with zero attached hydrogens (tertiary/aromatic N) is 5. The molecule has 0 radical (unpaired) electrons. The second-order valence-corrected chi connectivity index (χ2v) is 3.84. The first-order chi connectivity index (χ1) is 10.00. The van der Waals surface area contributed by atoms with Crippen molar-refractivity contribution in [2.75, 3.05) is 0 Å². The summed E-state index contributed by atoms with van der Waals surface area (Å²) < 4.78 is 75.7. The van der Waals surface area contributed by atoms with E-state index in [9.17, 15) is 36.5 Å². The zero-order valence-electron chi connectivity index (χ0n) is 10.1. The molecule has 22 heavy (non-hydrogen) atoms. The Bertz CT molecular complexity index is 722. The third kappa shape index (κ3) is 2.96. The molecule has 0 aliphatic heterocycles. The molecule has 2 rings (SSSR count). The van der Waals surface area contributed by atoms with Crippen molar-refractivity contribution in [2.24, 2.45) is 0 Å². The third-order valence-corrected chi connectivity index (χ3v) is 2.34. The predicted octanol–water partition coefficient (Wildman–Crippen LogP) is 2.61. The van der Waals surface area contributed by atoms with Crippen molar-refractivity contribution in [1.82, 2.24) is 20.0 Å². The molecule has 13 heteroatoms. The van der Waals surface area contributed by atoms with E-state index in [-0.39, 0.29) is 17.1 Å². The summed E-state index contributed by atoms with van der Waals surface area (Å²) in [7, 11) is 0. The van der Waals surface area contributed by atoms with Gasteiger partial charge < -0.3 is 0 Å². The van der Waals surface area contributed by atoms with Crippen LogP contribution in [0.5, 0.6) is 0 Å². The summed E-state index contributed by atoms with van der Waals surface area (Å²) in [5.74, 6) is -1.10. The van der Waals surface area contributed by atoms with Gasteiger partial charge in [0.1, 0.15) is 11.8 Å². The Morgan fingerprint density at radius 2 is 1.73 bits per heavy atom. The van der Waals surface area contributed by atoms with Gasteiger partial charge in [0, 0.05) is 6.07 Å². The highest BCUT2D eigenvalue weighted by atomic mass is 19.4. The highest BCUT2D eigenvalue weighted by Gasteiger charge is 2.39. The minimum Gasteiger partial charge on any atom is -0.258 e. The zero-order valence-corrected chi connectivity index (χ0v) is 10.1. The van der Waals surface area contributed by atoms with E-state index in [0.29, 0.717) is 6.20 Å². The van der Waals surface area contributed by atoms with Gasteiger partial charge in [0.15, 0.2) is 11.5 Å². The smallest absolute Gasteiger partial charge is 0.258 e. The van der Waals surface area contributed by atoms with Crippen molar-refractivity contribution in [1.29, 1.82) is 0 Å². The van der Waals surface area contributed by atoms with Crippen LogP contribution in [0.2, 0.25) is 0 Å². The summed E-state index contributed by atoms with van der Waals surface area (Å²) in [6.07, 6.45) is -9.33. The van der Waals surface area contributed by atoms with Gasteiger partial charge in [-0.15, -0.1) is 9.90 Å². The fraction of sp³-hybridized carbons (Fsp3) is 0.222.